The molecule has 1 saturated carbocycles. The lowest BCUT2D eigenvalue weighted by molar-refractivity contribution is 0.664. The molecule has 1 aliphatic carbocycles. The summed E-state index contributed by atoms with van der Waals surface area (Å²) in [5.74, 6) is 3.07. The largest absolute Gasteiger partial charge is 0.369 e. The smallest absolute Gasteiger partial charge is 0.143 e. The Morgan fingerprint density at radius 1 is 1.26 bits per heavy atom. The number of hydrogen-bond acceptors (Lipinski definition) is 3. The van der Waals surface area contributed by atoms with Crippen molar-refractivity contribution in [1.29, 1.82) is 0 Å². The molecule has 0 unspecified atom stereocenters. The summed E-state index contributed by atoms with van der Waals surface area (Å²) in [5, 5.41) is 3.46. The van der Waals surface area contributed by atoms with Crippen LogP contribution in [0.15, 0.2) is 0 Å². The van der Waals surface area contributed by atoms with Crippen molar-refractivity contribution in [3.8, 4) is 0 Å². The molecule has 1 heterocycles. The van der Waals surface area contributed by atoms with Crippen LogP contribution in [0.4, 0.5) is 5.82 Å². The molecular formula is C15H24IN3. The van der Waals surface area contributed by atoms with E-state index < -0.39 is 0 Å². The fourth-order valence-corrected chi connectivity index (χ4v) is 3.44. The summed E-state index contributed by atoms with van der Waals surface area (Å²) < 4.78 is 1.24. The van der Waals surface area contributed by atoms with Gasteiger partial charge in [-0.2, -0.15) is 0 Å². The van der Waals surface area contributed by atoms with Crippen LogP contribution >= 0.6 is 22.6 Å². The first-order valence-corrected chi connectivity index (χ1v) is 8.52. The van der Waals surface area contributed by atoms with E-state index in [9.17, 15) is 0 Å². The van der Waals surface area contributed by atoms with Gasteiger partial charge in [0, 0.05) is 18.4 Å². The molecule has 1 aromatic heterocycles. The molecule has 1 aliphatic rings. The van der Waals surface area contributed by atoms with Gasteiger partial charge in [0.2, 0.25) is 0 Å². The van der Waals surface area contributed by atoms with Gasteiger partial charge in [0.25, 0.3) is 0 Å². The molecule has 0 aromatic carbocycles. The number of aromatic nitrogens is 2. The second-order valence-electron chi connectivity index (χ2n) is 5.69. The highest BCUT2D eigenvalue weighted by atomic mass is 127. The topological polar surface area (TPSA) is 37.8 Å². The molecule has 1 N–H and O–H groups in total. The highest BCUT2D eigenvalue weighted by Crippen LogP contribution is 2.37. The summed E-state index contributed by atoms with van der Waals surface area (Å²) in [5.41, 5.74) is 1.29. The van der Waals surface area contributed by atoms with E-state index in [2.05, 4.69) is 48.7 Å². The number of rotatable bonds is 5. The van der Waals surface area contributed by atoms with Crippen molar-refractivity contribution in [2.24, 2.45) is 0 Å². The third-order valence-corrected chi connectivity index (χ3v) is 4.76. The number of nitrogens with zero attached hydrogens (tertiary/aromatic N) is 2. The second kappa shape index (κ2) is 6.86. The maximum Gasteiger partial charge on any atom is 0.143 e. The third-order valence-electron chi connectivity index (χ3n) is 3.69. The molecular weight excluding hydrogens is 349 g/mol. The van der Waals surface area contributed by atoms with Crippen LogP contribution in [-0.2, 0) is 0 Å². The SMILES string of the molecule is CCCNc1nc(C(C)C)nc(C2CCCC2)c1I. The number of anilines is 1. The second-order valence-corrected chi connectivity index (χ2v) is 6.77. The van der Waals surface area contributed by atoms with E-state index in [0.29, 0.717) is 11.8 Å². The van der Waals surface area contributed by atoms with Crippen LogP contribution in [0, 0.1) is 3.57 Å². The van der Waals surface area contributed by atoms with Gasteiger partial charge >= 0.3 is 0 Å². The first kappa shape index (κ1) is 15.0. The minimum atomic E-state index is 0.388. The van der Waals surface area contributed by atoms with Crippen molar-refractivity contribution in [1.82, 2.24) is 9.97 Å². The van der Waals surface area contributed by atoms with Gasteiger partial charge in [-0.05, 0) is 41.9 Å². The molecule has 19 heavy (non-hydrogen) atoms. The highest BCUT2D eigenvalue weighted by molar-refractivity contribution is 14.1. The van der Waals surface area contributed by atoms with Crippen LogP contribution < -0.4 is 5.32 Å². The fourth-order valence-electron chi connectivity index (χ4n) is 2.57. The number of nitrogens with one attached hydrogen (secondary N) is 1. The van der Waals surface area contributed by atoms with Crippen LogP contribution in [0.5, 0.6) is 0 Å². The van der Waals surface area contributed by atoms with Gasteiger partial charge in [-0.15, -0.1) is 0 Å². The number of hydrogen-bond donors (Lipinski definition) is 1. The molecule has 2 rings (SSSR count). The van der Waals surface area contributed by atoms with Crippen molar-refractivity contribution in [3.63, 3.8) is 0 Å². The molecule has 3 nitrogen and oxygen atoms in total. The van der Waals surface area contributed by atoms with E-state index in [1.54, 1.807) is 0 Å². The van der Waals surface area contributed by atoms with E-state index >= 15 is 0 Å². The standard InChI is InChI=1S/C15H24IN3/c1-4-9-17-15-12(16)13(11-7-5-6-8-11)18-14(19-15)10(2)3/h10-11H,4-9H2,1-3H3,(H,17,18,19). The lowest BCUT2D eigenvalue weighted by Crippen LogP contribution is -2.13. The van der Waals surface area contributed by atoms with E-state index in [1.807, 2.05) is 0 Å². The average molecular weight is 373 g/mol. The van der Waals surface area contributed by atoms with Gasteiger partial charge < -0.3 is 5.32 Å². The van der Waals surface area contributed by atoms with E-state index in [0.717, 1.165) is 24.6 Å². The van der Waals surface area contributed by atoms with Gasteiger partial charge in [0.1, 0.15) is 11.6 Å². The summed E-state index contributed by atoms with van der Waals surface area (Å²) in [6.45, 7) is 7.51. The molecule has 0 spiro atoms. The zero-order valence-electron chi connectivity index (χ0n) is 12.2. The van der Waals surface area contributed by atoms with Crippen LogP contribution in [0.25, 0.3) is 0 Å². The monoisotopic (exact) mass is 373 g/mol. The van der Waals surface area contributed by atoms with Crippen molar-refractivity contribution >= 4 is 28.4 Å². The normalized spacial score (nSPS) is 16.3. The molecule has 0 bridgehead atoms. The highest BCUT2D eigenvalue weighted by Gasteiger charge is 2.24. The summed E-state index contributed by atoms with van der Waals surface area (Å²) in [7, 11) is 0. The Bertz CT molecular complexity index is 426. The van der Waals surface area contributed by atoms with Crippen molar-refractivity contribution in [2.75, 3.05) is 11.9 Å². The Morgan fingerprint density at radius 2 is 1.95 bits per heavy atom. The summed E-state index contributed by atoms with van der Waals surface area (Å²) in [6, 6.07) is 0. The van der Waals surface area contributed by atoms with Gasteiger partial charge in [0.05, 0.1) is 9.26 Å². The number of halogens is 1. The Hall–Kier alpha value is -0.390. The molecule has 1 fully saturated rings. The van der Waals surface area contributed by atoms with E-state index in [-0.39, 0.29) is 0 Å². The lowest BCUT2D eigenvalue weighted by atomic mass is 10.0. The van der Waals surface area contributed by atoms with Gasteiger partial charge in [-0.1, -0.05) is 33.6 Å². The molecule has 0 amide bonds. The molecule has 0 saturated heterocycles. The first-order valence-electron chi connectivity index (χ1n) is 7.44. The Kier molecular flexibility index (Phi) is 5.42. The molecule has 0 radical (unpaired) electrons. The summed E-state index contributed by atoms with van der Waals surface area (Å²) >= 11 is 2.42. The van der Waals surface area contributed by atoms with Gasteiger partial charge in [-0.25, -0.2) is 9.97 Å². The van der Waals surface area contributed by atoms with Crippen LogP contribution in [0.2, 0.25) is 0 Å². The third kappa shape index (κ3) is 3.58. The van der Waals surface area contributed by atoms with E-state index in [4.69, 9.17) is 9.97 Å². The summed E-state index contributed by atoms with van der Waals surface area (Å²) in [6.07, 6.45) is 6.39. The van der Waals surface area contributed by atoms with Crippen molar-refractivity contribution < 1.29 is 0 Å². The maximum atomic E-state index is 4.86. The van der Waals surface area contributed by atoms with Gasteiger partial charge in [-0.3, -0.25) is 0 Å². The van der Waals surface area contributed by atoms with Crippen molar-refractivity contribution in [2.45, 2.75) is 64.7 Å². The fraction of sp³-hybridized carbons (Fsp3) is 0.733. The molecule has 0 atom stereocenters. The van der Waals surface area contributed by atoms with Crippen molar-refractivity contribution in [3.05, 3.63) is 15.1 Å². The molecule has 0 aliphatic heterocycles. The maximum absolute atomic E-state index is 4.86. The zero-order chi connectivity index (χ0) is 13.8. The van der Waals surface area contributed by atoms with Crippen LogP contribution in [-0.4, -0.2) is 16.5 Å². The first-order chi connectivity index (χ1) is 9.13. The molecule has 1 aromatic rings. The van der Waals surface area contributed by atoms with E-state index in [1.165, 1.54) is 34.9 Å². The predicted molar refractivity (Wildman–Crippen MR) is 88.8 cm³/mol. The van der Waals surface area contributed by atoms with Crippen LogP contribution in [0.3, 0.4) is 0 Å². The summed E-state index contributed by atoms with van der Waals surface area (Å²) in [4.78, 5) is 9.58. The Balaban J connectivity index is 2.36. The van der Waals surface area contributed by atoms with Gasteiger partial charge in [0.15, 0.2) is 0 Å². The Labute approximate surface area is 130 Å². The van der Waals surface area contributed by atoms with Crippen LogP contribution in [0.1, 0.15) is 76.2 Å². The minimum absolute atomic E-state index is 0.388. The zero-order valence-corrected chi connectivity index (χ0v) is 14.3. The predicted octanol–water partition coefficient (Wildman–Crippen LogP) is 4.68. The molecule has 4 heteroatoms. The lowest BCUT2D eigenvalue weighted by Gasteiger charge is -2.17. The quantitative estimate of drug-likeness (QED) is 0.762. The molecule has 106 valence electrons. The minimum Gasteiger partial charge on any atom is -0.369 e. The Morgan fingerprint density at radius 3 is 2.53 bits per heavy atom. The average Bonchev–Trinajstić information content (AvgIpc) is 2.91.